The number of hydrogen-bond donors (Lipinski definition) is 0. The maximum Gasteiger partial charge on any atom is 0.300 e. The van der Waals surface area contributed by atoms with Crippen LogP contribution < -0.4 is 4.80 Å². The summed E-state index contributed by atoms with van der Waals surface area (Å²) in [5.74, 6) is 0.0316. The third-order valence-corrected chi connectivity index (χ3v) is 5.99. The predicted octanol–water partition coefficient (Wildman–Crippen LogP) is 4.48. The number of amides is 1. The molecule has 1 amide bonds. The van der Waals surface area contributed by atoms with E-state index in [-0.39, 0.29) is 0 Å². The summed E-state index contributed by atoms with van der Waals surface area (Å²) in [5, 5.41) is 0. The van der Waals surface area contributed by atoms with E-state index in [0.717, 1.165) is 34.9 Å². The van der Waals surface area contributed by atoms with Crippen molar-refractivity contribution < 1.29 is 4.79 Å². The fraction of sp³-hybridized carbons (Fsp3) is 0.211. The Hall–Kier alpha value is -1.66. The van der Waals surface area contributed by atoms with E-state index < -0.39 is 15.1 Å². The summed E-state index contributed by atoms with van der Waals surface area (Å²) in [5.41, 5.74) is 1.88. The van der Waals surface area contributed by atoms with E-state index >= 15 is 0 Å². The Balaban J connectivity index is 1.92. The molecule has 0 unspecified atom stereocenters. The highest BCUT2D eigenvalue weighted by Gasteiger charge is 2.45. The molecule has 0 bridgehead atoms. The van der Waals surface area contributed by atoms with Crippen molar-refractivity contribution in [3.05, 3.63) is 82.4 Å². The highest BCUT2D eigenvalue weighted by Crippen LogP contribution is 2.45. The van der Waals surface area contributed by atoms with Crippen LogP contribution in [0.4, 0.5) is 0 Å². The molecule has 0 radical (unpaired) electrons. The van der Waals surface area contributed by atoms with Crippen LogP contribution in [0.2, 0.25) is 0 Å². The van der Waals surface area contributed by atoms with Crippen molar-refractivity contribution >= 4 is 52.2 Å². The summed E-state index contributed by atoms with van der Waals surface area (Å²) in [6.45, 7) is 0.668. The molecule has 0 saturated carbocycles. The number of fused-ring (bicyclic) bond motifs is 1. The van der Waals surface area contributed by atoms with E-state index in [0.29, 0.717) is 11.3 Å². The molecule has 2 aromatic carbocycles. The van der Waals surface area contributed by atoms with Gasteiger partial charge in [0.2, 0.25) is 4.80 Å². The number of hydrogen-bond acceptors (Lipinski definition) is 3. The molecule has 0 N–H and O–H groups in total. The van der Waals surface area contributed by atoms with E-state index in [1.54, 1.807) is 0 Å². The molecule has 27 heavy (non-hydrogen) atoms. The van der Waals surface area contributed by atoms with Crippen molar-refractivity contribution in [2.24, 2.45) is 4.99 Å². The number of nitrogens with zero attached hydrogens (tertiary/aromatic N) is 3. The second-order valence-electron chi connectivity index (χ2n) is 6.24. The lowest BCUT2D eigenvalue weighted by Gasteiger charge is -2.28. The topological polar surface area (TPSA) is 47.2 Å². The Bertz CT molecular complexity index is 1000. The molecule has 3 aromatic rings. The summed E-state index contributed by atoms with van der Waals surface area (Å²) in [6.07, 6.45) is 0.807. The molecule has 8 heteroatoms. The van der Waals surface area contributed by atoms with Crippen LogP contribution in [0, 0.1) is 0 Å². The third kappa shape index (κ3) is 3.23. The molecule has 4 rings (SSSR count). The standard InChI is InChI=1S/C19H14Cl3N3OS/c20-19(21,22)16(26)23-17-25-12-11-18(15(25)24-27-17,13-7-3-1-4-8-13)14-9-5-2-6-10-14/h1-10H,11-12H2/b23-17+. The van der Waals surface area contributed by atoms with Crippen molar-refractivity contribution in [3.8, 4) is 0 Å². The molecular formula is C19H14Cl3N3OS. The number of carbonyl (C=O) groups is 1. The lowest BCUT2D eigenvalue weighted by molar-refractivity contribution is -0.117. The second kappa shape index (κ2) is 7.06. The van der Waals surface area contributed by atoms with E-state index in [1.165, 1.54) is 0 Å². The number of carbonyl (C=O) groups excluding carboxylic acids is 1. The molecule has 1 aliphatic rings. The van der Waals surface area contributed by atoms with E-state index in [2.05, 4.69) is 33.6 Å². The van der Waals surface area contributed by atoms with Crippen molar-refractivity contribution in [3.63, 3.8) is 0 Å². The quantitative estimate of drug-likeness (QED) is 0.554. The van der Waals surface area contributed by atoms with Crippen LogP contribution >= 0.6 is 46.3 Å². The number of benzene rings is 2. The first-order valence-corrected chi connectivity index (χ1v) is 10.2. The molecule has 1 aromatic heterocycles. The van der Waals surface area contributed by atoms with E-state index in [1.807, 2.05) is 41.0 Å². The van der Waals surface area contributed by atoms with Gasteiger partial charge in [-0.2, -0.15) is 9.37 Å². The number of halogens is 3. The molecule has 0 fully saturated rings. The van der Waals surface area contributed by atoms with Gasteiger partial charge in [-0.3, -0.25) is 4.79 Å². The summed E-state index contributed by atoms with van der Waals surface area (Å²) in [6, 6.07) is 20.5. The minimum absolute atomic E-state index is 0.407. The first-order valence-electron chi connectivity index (χ1n) is 8.27. The Labute approximate surface area is 175 Å². The minimum atomic E-state index is -2.08. The zero-order chi connectivity index (χ0) is 19.1. The van der Waals surface area contributed by atoms with Crippen LogP contribution in [-0.4, -0.2) is 18.6 Å². The summed E-state index contributed by atoms with van der Waals surface area (Å²) in [4.78, 5) is 16.5. The van der Waals surface area contributed by atoms with Crippen LogP contribution in [0.5, 0.6) is 0 Å². The Kier molecular flexibility index (Phi) is 4.89. The van der Waals surface area contributed by atoms with Crippen molar-refractivity contribution in [2.75, 3.05) is 0 Å². The zero-order valence-electron chi connectivity index (χ0n) is 14.0. The molecule has 0 aliphatic carbocycles. The summed E-state index contributed by atoms with van der Waals surface area (Å²) >= 11 is 18.1. The smallest absolute Gasteiger partial charge is 0.300 e. The van der Waals surface area contributed by atoms with Gasteiger partial charge in [0.25, 0.3) is 9.70 Å². The monoisotopic (exact) mass is 437 g/mol. The predicted molar refractivity (Wildman–Crippen MR) is 108 cm³/mol. The van der Waals surface area contributed by atoms with Gasteiger partial charge in [0.05, 0.1) is 5.41 Å². The summed E-state index contributed by atoms with van der Waals surface area (Å²) in [7, 11) is 0. The van der Waals surface area contributed by atoms with Gasteiger partial charge in [-0.25, -0.2) is 0 Å². The highest BCUT2D eigenvalue weighted by molar-refractivity contribution is 7.02. The van der Waals surface area contributed by atoms with Crippen LogP contribution in [0.1, 0.15) is 23.4 Å². The van der Waals surface area contributed by atoms with E-state index in [9.17, 15) is 4.79 Å². The molecule has 138 valence electrons. The maximum absolute atomic E-state index is 12.0. The van der Waals surface area contributed by atoms with Gasteiger partial charge in [0, 0.05) is 18.1 Å². The SMILES string of the molecule is O=C(/N=c1/snc2n1CCC2(c1ccccc1)c1ccccc1)C(Cl)(Cl)Cl. The lowest BCUT2D eigenvalue weighted by atomic mass is 9.73. The van der Waals surface area contributed by atoms with Crippen molar-refractivity contribution in [1.82, 2.24) is 8.94 Å². The van der Waals surface area contributed by atoms with Gasteiger partial charge in [0.15, 0.2) is 0 Å². The number of rotatable bonds is 2. The Morgan fingerprint density at radius 1 is 1.04 bits per heavy atom. The second-order valence-corrected chi connectivity index (χ2v) is 9.25. The summed E-state index contributed by atoms with van der Waals surface area (Å²) < 4.78 is 4.53. The molecule has 4 nitrogen and oxygen atoms in total. The van der Waals surface area contributed by atoms with Gasteiger partial charge in [-0.1, -0.05) is 95.5 Å². The van der Waals surface area contributed by atoms with Gasteiger partial charge in [0.1, 0.15) is 5.82 Å². The van der Waals surface area contributed by atoms with Crippen LogP contribution in [-0.2, 0) is 16.8 Å². The molecule has 1 aliphatic heterocycles. The fourth-order valence-corrected chi connectivity index (χ4v) is 4.51. The van der Waals surface area contributed by atoms with Gasteiger partial charge in [-0.05, 0) is 17.5 Å². The molecule has 0 atom stereocenters. The Morgan fingerprint density at radius 3 is 2.11 bits per heavy atom. The highest BCUT2D eigenvalue weighted by atomic mass is 35.6. The van der Waals surface area contributed by atoms with Crippen LogP contribution in [0.25, 0.3) is 0 Å². The number of aromatic nitrogens is 2. The first kappa shape index (κ1) is 18.7. The maximum atomic E-state index is 12.0. The fourth-order valence-electron chi connectivity index (χ4n) is 3.56. The molecule has 0 saturated heterocycles. The largest absolute Gasteiger partial charge is 0.303 e. The van der Waals surface area contributed by atoms with Crippen molar-refractivity contribution in [2.45, 2.75) is 22.2 Å². The average Bonchev–Trinajstić information content (AvgIpc) is 3.24. The Morgan fingerprint density at radius 2 is 1.59 bits per heavy atom. The lowest BCUT2D eigenvalue weighted by Crippen LogP contribution is -2.28. The first-order chi connectivity index (χ1) is 12.9. The number of alkyl halides is 3. The molecular weight excluding hydrogens is 425 g/mol. The van der Waals surface area contributed by atoms with Crippen LogP contribution in [0.3, 0.4) is 0 Å². The average molecular weight is 439 g/mol. The van der Waals surface area contributed by atoms with Gasteiger partial charge in [-0.15, -0.1) is 0 Å². The van der Waals surface area contributed by atoms with Gasteiger partial charge >= 0.3 is 0 Å². The van der Waals surface area contributed by atoms with Crippen LogP contribution in [0.15, 0.2) is 65.7 Å². The van der Waals surface area contributed by atoms with Crippen molar-refractivity contribution in [1.29, 1.82) is 0 Å². The normalized spacial score (nSPS) is 16.3. The third-order valence-electron chi connectivity index (χ3n) is 4.77. The molecule has 0 spiro atoms. The van der Waals surface area contributed by atoms with Gasteiger partial charge < -0.3 is 4.57 Å². The van der Waals surface area contributed by atoms with E-state index in [4.69, 9.17) is 34.8 Å². The minimum Gasteiger partial charge on any atom is -0.303 e. The zero-order valence-corrected chi connectivity index (χ0v) is 17.1. The molecule has 2 heterocycles.